The molecule has 3 nitrogen and oxygen atoms in total. The molecule has 0 amide bonds. The van der Waals surface area contributed by atoms with Crippen molar-refractivity contribution in [2.45, 2.75) is 33.4 Å². The average Bonchev–Trinajstić information content (AvgIpc) is 2.73. The number of aromatic nitrogens is 2. The van der Waals surface area contributed by atoms with Crippen LogP contribution in [-0.2, 0) is 6.54 Å². The maximum atomic E-state index is 4.35. The van der Waals surface area contributed by atoms with E-state index in [1.54, 1.807) is 6.20 Å². The van der Waals surface area contributed by atoms with Crippen LogP contribution >= 0.6 is 15.9 Å². The minimum atomic E-state index is 0.475. The lowest BCUT2D eigenvalue weighted by Gasteiger charge is -2.13. The highest BCUT2D eigenvalue weighted by atomic mass is 79.9. The standard InChI is InChI=1S/C14H18BrN3/c1-10(2)16-7-12-6-11(3)4-5-14(12)18-9-13(15)8-17-18/h4-6,8-10,16H,7H2,1-3H3. The van der Waals surface area contributed by atoms with Gasteiger partial charge in [-0.1, -0.05) is 31.5 Å². The van der Waals surface area contributed by atoms with Crippen molar-refractivity contribution in [1.82, 2.24) is 15.1 Å². The molecule has 1 heterocycles. The number of hydrogen-bond acceptors (Lipinski definition) is 2. The molecule has 0 unspecified atom stereocenters. The van der Waals surface area contributed by atoms with E-state index >= 15 is 0 Å². The van der Waals surface area contributed by atoms with Crippen LogP contribution < -0.4 is 5.32 Å². The van der Waals surface area contributed by atoms with Gasteiger partial charge in [0.2, 0.25) is 0 Å². The van der Waals surface area contributed by atoms with E-state index < -0.39 is 0 Å². The lowest BCUT2D eigenvalue weighted by Crippen LogP contribution is -2.22. The van der Waals surface area contributed by atoms with Crippen LogP contribution in [0.2, 0.25) is 0 Å². The van der Waals surface area contributed by atoms with E-state index in [0.717, 1.165) is 16.7 Å². The van der Waals surface area contributed by atoms with Gasteiger partial charge in [0.15, 0.2) is 0 Å². The maximum Gasteiger partial charge on any atom is 0.0691 e. The first-order valence-electron chi connectivity index (χ1n) is 6.09. The van der Waals surface area contributed by atoms with Gasteiger partial charge in [0, 0.05) is 18.8 Å². The smallest absolute Gasteiger partial charge is 0.0691 e. The van der Waals surface area contributed by atoms with Gasteiger partial charge < -0.3 is 5.32 Å². The molecule has 0 aliphatic carbocycles. The van der Waals surface area contributed by atoms with Gasteiger partial charge in [-0.2, -0.15) is 5.10 Å². The molecular formula is C14H18BrN3. The fourth-order valence-corrected chi connectivity index (χ4v) is 2.11. The first kappa shape index (κ1) is 13.3. The molecule has 2 aromatic rings. The monoisotopic (exact) mass is 307 g/mol. The summed E-state index contributed by atoms with van der Waals surface area (Å²) in [5.74, 6) is 0. The quantitative estimate of drug-likeness (QED) is 0.937. The first-order chi connectivity index (χ1) is 8.56. The fourth-order valence-electron chi connectivity index (χ4n) is 1.83. The van der Waals surface area contributed by atoms with Crippen molar-refractivity contribution >= 4 is 15.9 Å². The van der Waals surface area contributed by atoms with E-state index in [1.807, 2.05) is 10.9 Å². The summed E-state index contributed by atoms with van der Waals surface area (Å²) in [4.78, 5) is 0. The van der Waals surface area contributed by atoms with Crippen LogP contribution in [0, 0.1) is 6.92 Å². The van der Waals surface area contributed by atoms with Gasteiger partial charge in [-0.3, -0.25) is 0 Å². The summed E-state index contributed by atoms with van der Waals surface area (Å²) in [5, 5.41) is 7.80. The van der Waals surface area contributed by atoms with Crippen molar-refractivity contribution in [3.05, 3.63) is 46.2 Å². The summed E-state index contributed by atoms with van der Waals surface area (Å²) >= 11 is 3.43. The highest BCUT2D eigenvalue weighted by molar-refractivity contribution is 9.10. The SMILES string of the molecule is Cc1ccc(-n2cc(Br)cn2)c(CNC(C)C)c1. The summed E-state index contributed by atoms with van der Waals surface area (Å²) in [5.41, 5.74) is 3.66. The second kappa shape index (κ2) is 5.67. The second-order valence-corrected chi connectivity index (χ2v) is 5.69. The molecule has 4 heteroatoms. The predicted molar refractivity (Wildman–Crippen MR) is 78.0 cm³/mol. The number of nitrogens with one attached hydrogen (secondary N) is 1. The average molecular weight is 308 g/mol. The van der Waals surface area contributed by atoms with E-state index in [0.29, 0.717) is 6.04 Å². The Morgan fingerprint density at radius 1 is 1.39 bits per heavy atom. The van der Waals surface area contributed by atoms with Gasteiger partial charge >= 0.3 is 0 Å². The minimum Gasteiger partial charge on any atom is -0.310 e. The fraction of sp³-hybridized carbons (Fsp3) is 0.357. The third-order valence-electron chi connectivity index (χ3n) is 2.73. The lowest BCUT2D eigenvalue weighted by atomic mass is 10.1. The third-order valence-corrected chi connectivity index (χ3v) is 3.14. The molecule has 1 N–H and O–H groups in total. The number of rotatable bonds is 4. The molecule has 0 aliphatic heterocycles. The summed E-state index contributed by atoms with van der Waals surface area (Å²) in [6.07, 6.45) is 3.78. The number of halogens is 1. The Hall–Kier alpha value is -1.13. The summed E-state index contributed by atoms with van der Waals surface area (Å²) in [6.45, 7) is 7.27. The molecular weight excluding hydrogens is 290 g/mol. The molecule has 0 aliphatic rings. The Morgan fingerprint density at radius 3 is 2.78 bits per heavy atom. The molecule has 1 aromatic carbocycles. The van der Waals surface area contributed by atoms with Gasteiger partial charge in [0.25, 0.3) is 0 Å². The van der Waals surface area contributed by atoms with Gasteiger partial charge in [-0.25, -0.2) is 4.68 Å². The molecule has 0 saturated heterocycles. The van der Waals surface area contributed by atoms with E-state index in [9.17, 15) is 0 Å². The summed E-state index contributed by atoms with van der Waals surface area (Å²) in [6, 6.07) is 6.92. The molecule has 0 atom stereocenters. The van der Waals surface area contributed by atoms with Crippen molar-refractivity contribution in [2.24, 2.45) is 0 Å². The Balaban J connectivity index is 2.34. The van der Waals surface area contributed by atoms with Crippen LogP contribution in [-0.4, -0.2) is 15.8 Å². The van der Waals surface area contributed by atoms with Gasteiger partial charge in [0.1, 0.15) is 0 Å². The van der Waals surface area contributed by atoms with Gasteiger partial charge in [-0.05, 0) is 34.5 Å². The zero-order valence-corrected chi connectivity index (χ0v) is 12.5. The number of hydrogen-bond donors (Lipinski definition) is 1. The highest BCUT2D eigenvalue weighted by Gasteiger charge is 2.07. The summed E-state index contributed by atoms with van der Waals surface area (Å²) < 4.78 is 2.90. The Labute approximate surface area is 116 Å². The van der Waals surface area contributed by atoms with Crippen LogP contribution in [0.15, 0.2) is 35.1 Å². The van der Waals surface area contributed by atoms with Gasteiger partial charge in [-0.15, -0.1) is 0 Å². The van der Waals surface area contributed by atoms with Crippen LogP contribution in [0.25, 0.3) is 5.69 Å². The topological polar surface area (TPSA) is 29.9 Å². The molecule has 1 aromatic heterocycles. The normalized spacial score (nSPS) is 11.2. The van der Waals surface area contributed by atoms with Crippen molar-refractivity contribution < 1.29 is 0 Å². The van der Waals surface area contributed by atoms with E-state index in [-0.39, 0.29) is 0 Å². The van der Waals surface area contributed by atoms with Crippen LogP contribution in [0.4, 0.5) is 0 Å². The molecule has 2 rings (SSSR count). The highest BCUT2D eigenvalue weighted by Crippen LogP contribution is 2.18. The van der Waals surface area contributed by atoms with E-state index in [2.05, 4.69) is 65.3 Å². The summed E-state index contributed by atoms with van der Waals surface area (Å²) in [7, 11) is 0. The molecule has 0 bridgehead atoms. The maximum absolute atomic E-state index is 4.35. The molecule has 18 heavy (non-hydrogen) atoms. The second-order valence-electron chi connectivity index (χ2n) is 4.77. The third kappa shape index (κ3) is 3.21. The van der Waals surface area contributed by atoms with Crippen LogP contribution in [0.3, 0.4) is 0 Å². The van der Waals surface area contributed by atoms with Crippen LogP contribution in [0.1, 0.15) is 25.0 Å². The van der Waals surface area contributed by atoms with Gasteiger partial charge in [0.05, 0.1) is 16.4 Å². The molecule has 0 saturated carbocycles. The van der Waals surface area contributed by atoms with Crippen LogP contribution in [0.5, 0.6) is 0 Å². The number of aryl methyl sites for hydroxylation is 1. The molecule has 96 valence electrons. The van der Waals surface area contributed by atoms with Crippen molar-refractivity contribution in [3.63, 3.8) is 0 Å². The molecule has 0 fully saturated rings. The predicted octanol–water partition coefficient (Wildman–Crippen LogP) is 3.44. The Bertz CT molecular complexity index is 532. The first-order valence-corrected chi connectivity index (χ1v) is 6.89. The number of nitrogens with zero attached hydrogens (tertiary/aromatic N) is 2. The zero-order valence-electron chi connectivity index (χ0n) is 10.9. The Morgan fingerprint density at radius 2 is 2.17 bits per heavy atom. The van der Waals surface area contributed by atoms with Crippen molar-refractivity contribution in [1.29, 1.82) is 0 Å². The zero-order chi connectivity index (χ0) is 13.1. The Kier molecular flexibility index (Phi) is 4.19. The minimum absolute atomic E-state index is 0.475. The lowest BCUT2D eigenvalue weighted by molar-refractivity contribution is 0.586. The number of benzene rings is 1. The molecule has 0 spiro atoms. The van der Waals surface area contributed by atoms with E-state index in [4.69, 9.17) is 0 Å². The van der Waals surface area contributed by atoms with Crippen molar-refractivity contribution in [2.75, 3.05) is 0 Å². The largest absolute Gasteiger partial charge is 0.310 e. The van der Waals surface area contributed by atoms with Crippen molar-refractivity contribution in [3.8, 4) is 5.69 Å². The van der Waals surface area contributed by atoms with E-state index in [1.165, 1.54) is 11.1 Å². The molecule has 0 radical (unpaired) electrons.